The number of carbonyl (C=O) groups is 1. The lowest BCUT2D eigenvalue weighted by Crippen LogP contribution is -2.33. The van der Waals surface area contributed by atoms with Crippen molar-refractivity contribution in [2.45, 2.75) is 25.6 Å². The lowest BCUT2D eigenvalue weighted by molar-refractivity contribution is -0.186. The molecule has 0 spiro atoms. The zero-order chi connectivity index (χ0) is 18.6. The standard InChI is InChI=1S/C20H18BN3O3/c21-14-6-4-13(5-7-14)17-11-16(15-8-9-22-12-18(15)23-17)20(25)24-27-19-3-1-2-10-26-19/h4-9,11-12,19H,1-3,10H2,(H,24,25). The van der Waals surface area contributed by atoms with Crippen molar-refractivity contribution in [3.8, 4) is 11.3 Å². The van der Waals surface area contributed by atoms with Gasteiger partial charge in [0, 0.05) is 30.2 Å². The fourth-order valence-corrected chi connectivity index (χ4v) is 3.05. The Hall–Kier alpha value is -2.77. The minimum absolute atomic E-state index is 0.348. The van der Waals surface area contributed by atoms with Gasteiger partial charge in [0.1, 0.15) is 7.85 Å². The molecule has 0 aliphatic carbocycles. The molecule has 4 rings (SSSR count). The molecule has 1 fully saturated rings. The fraction of sp³-hybridized carbons (Fsp3) is 0.250. The number of nitrogens with one attached hydrogen (secondary N) is 1. The molecular weight excluding hydrogens is 341 g/mol. The van der Waals surface area contributed by atoms with Crippen LogP contribution in [0.5, 0.6) is 0 Å². The highest BCUT2D eigenvalue weighted by Gasteiger charge is 2.18. The van der Waals surface area contributed by atoms with Crippen LogP contribution in [0.15, 0.2) is 48.8 Å². The van der Waals surface area contributed by atoms with E-state index in [0.717, 1.165) is 24.8 Å². The van der Waals surface area contributed by atoms with Gasteiger partial charge < -0.3 is 4.74 Å². The number of hydrogen-bond donors (Lipinski definition) is 1. The summed E-state index contributed by atoms with van der Waals surface area (Å²) < 4.78 is 5.48. The number of hydrogen-bond acceptors (Lipinski definition) is 5. The Balaban J connectivity index is 1.65. The number of rotatable bonds is 4. The first-order chi connectivity index (χ1) is 13.2. The third-order valence-electron chi connectivity index (χ3n) is 4.48. The van der Waals surface area contributed by atoms with E-state index in [-0.39, 0.29) is 5.91 Å². The van der Waals surface area contributed by atoms with Gasteiger partial charge in [0.25, 0.3) is 5.91 Å². The van der Waals surface area contributed by atoms with Crippen molar-refractivity contribution in [3.05, 3.63) is 54.4 Å². The zero-order valence-corrected chi connectivity index (χ0v) is 14.7. The molecule has 1 unspecified atom stereocenters. The highest BCUT2D eigenvalue weighted by atomic mass is 16.8. The summed E-state index contributed by atoms with van der Waals surface area (Å²) in [6.45, 7) is 0.645. The van der Waals surface area contributed by atoms with E-state index in [9.17, 15) is 4.79 Å². The molecule has 6 nitrogen and oxygen atoms in total. The summed E-state index contributed by atoms with van der Waals surface area (Å²) in [5, 5.41) is 0.704. The summed E-state index contributed by atoms with van der Waals surface area (Å²) in [6, 6.07) is 10.8. The van der Waals surface area contributed by atoms with Crippen LogP contribution in [0, 0.1) is 0 Å². The van der Waals surface area contributed by atoms with Gasteiger partial charge in [-0.05, 0) is 25.0 Å². The number of carbonyl (C=O) groups excluding carboxylic acids is 1. The third-order valence-corrected chi connectivity index (χ3v) is 4.48. The first-order valence-electron chi connectivity index (χ1n) is 8.89. The Kier molecular flexibility index (Phi) is 5.13. The van der Waals surface area contributed by atoms with Gasteiger partial charge in [-0.15, -0.1) is 0 Å². The summed E-state index contributed by atoms with van der Waals surface area (Å²) in [6.07, 6.45) is 5.66. The van der Waals surface area contributed by atoms with Crippen LogP contribution in [0.2, 0.25) is 0 Å². The van der Waals surface area contributed by atoms with Gasteiger partial charge in [-0.1, -0.05) is 29.7 Å². The number of aromatic nitrogens is 2. The van der Waals surface area contributed by atoms with Gasteiger partial charge in [-0.25, -0.2) is 15.3 Å². The Morgan fingerprint density at radius 2 is 2.07 bits per heavy atom. The molecule has 7 heteroatoms. The topological polar surface area (TPSA) is 73.3 Å². The van der Waals surface area contributed by atoms with E-state index < -0.39 is 6.29 Å². The molecule has 3 heterocycles. The molecule has 134 valence electrons. The molecule has 2 radical (unpaired) electrons. The van der Waals surface area contributed by atoms with Crippen LogP contribution in [0.3, 0.4) is 0 Å². The molecule has 1 aliphatic rings. The van der Waals surface area contributed by atoms with Crippen LogP contribution in [-0.2, 0) is 9.57 Å². The molecule has 2 aromatic heterocycles. The molecule has 27 heavy (non-hydrogen) atoms. The maximum atomic E-state index is 12.8. The number of pyridine rings is 2. The van der Waals surface area contributed by atoms with Crippen LogP contribution < -0.4 is 10.9 Å². The van der Waals surface area contributed by atoms with E-state index in [1.165, 1.54) is 0 Å². The van der Waals surface area contributed by atoms with E-state index in [4.69, 9.17) is 17.4 Å². The molecule has 1 amide bonds. The lowest BCUT2D eigenvalue weighted by atomic mass is 9.94. The van der Waals surface area contributed by atoms with Crippen LogP contribution in [0.1, 0.15) is 29.6 Å². The monoisotopic (exact) mass is 359 g/mol. The highest BCUT2D eigenvalue weighted by Crippen LogP contribution is 2.24. The zero-order valence-electron chi connectivity index (χ0n) is 14.7. The van der Waals surface area contributed by atoms with E-state index in [1.54, 1.807) is 36.7 Å². The number of ether oxygens (including phenoxy) is 1. The summed E-state index contributed by atoms with van der Waals surface area (Å²) in [7, 11) is 5.76. The van der Waals surface area contributed by atoms with Crippen molar-refractivity contribution in [2.75, 3.05) is 6.61 Å². The van der Waals surface area contributed by atoms with Gasteiger partial charge in [0.05, 0.1) is 23.0 Å². The normalized spacial score (nSPS) is 17.0. The van der Waals surface area contributed by atoms with E-state index in [1.807, 2.05) is 12.1 Å². The molecule has 1 atom stereocenters. The number of nitrogens with zero attached hydrogens (tertiary/aromatic N) is 2. The lowest BCUT2D eigenvalue weighted by Gasteiger charge is -2.22. The van der Waals surface area contributed by atoms with Crippen molar-refractivity contribution in [1.29, 1.82) is 0 Å². The fourth-order valence-electron chi connectivity index (χ4n) is 3.05. The summed E-state index contributed by atoms with van der Waals surface area (Å²) in [5.74, 6) is -0.348. The van der Waals surface area contributed by atoms with Gasteiger partial charge in [0.2, 0.25) is 0 Å². The predicted octanol–water partition coefficient (Wildman–Crippen LogP) is 2.28. The van der Waals surface area contributed by atoms with Gasteiger partial charge in [0.15, 0.2) is 6.29 Å². The molecule has 0 saturated carbocycles. The predicted molar refractivity (Wildman–Crippen MR) is 103 cm³/mol. The van der Waals surface area contributed by atoms with Crippen LogP contribution >= 0.6 is 0 Å². The summed E-state index contributed by atoms with van der Waals surface area (Å²) in [4.78, 5) is 26.9. The van der Waals surface area contributed by atoms with Gasteiger partial charge >= 0.3 is 0 Å². The Bertz CT molecular complexity index is 956. The van der Waals surface area contributed by atoms with Gasteiger partial charge in [-0.3, -0.25) is 9.78 Å². The van der Waals surface area contributed by atoms with Crippen LogP contribution in [-0.4, -0.2) is 36.6 Å². The van der Waals surface area contributed by atoms with Gasteiger partial charge in [-0.2, -0.15) is 0 Å². The van der Waals surface area contributed by atoms with E-state index in [0.29, 0.717) is 34.2 Å². The molecular formula is C20H18BN3O3. The van der Waals surface area contributed by atoms with Crippen molar-refractivity contribution in [1.82, 2.24) is 15.4 Å². The number of hydroxylamine groups is 1. The van der Waals surface area contributed by atoms with Crippen molar-refractivity contribution >= 4 is 30.1 Å². The van der Waals surface area contributed by atoms with E-state index in [2.05, 4.69) is 15.4 Å². The van der Waals surface area contributed by atoms with Crippen molar-refractivity contribution < 1.29 is 14.4 Å². The first kappa shape index (κ1) is 17.6. The molecule has 1 saturated heterocycles. The Labute approximate surface area is 158 Å². The SMILES string of the molecule is [B]c1ccc(-c2cc(C(=O)NOC3CCCCO3)c3ccncc3n2)cc1. The maximum absolute atomic E-state index is 12.8. The smallest absolute Gasteiger partial charge is 0.275 e. The Morgan fingerprint density at radius 1 is 1.22 bits per heavy atom. The summed E-state index contributed by atoms with van der Waals surface area (Å²) in [5.41, 5.74) is 5.80. The molecule has 1 N–H and O–H groups in total. The Morgan fingerprint density at radius 3 is 2.85 bits per heavy atom. The molecule has 1 aromatic carbocycles. The minimum atomic E-state index is -0.408. The summed E-state index contributed by atoms with van der Waals surface area (Å²) >= 11 is 0. The second kappa shape index (κ2) is 7.86. The van der Waals surface area contributed by atoms with E-state index >= 15 is 0 Å². The molecule has 0 bridgehead atoms. The highest BCUT2D eigenvalue weighted by molar-refractivity contribution is 6.32. The maximum Gasteiger partial charge on any atom is 0.275 e. The van der Waals surface area contributed by atoms with Crippen molar-refractivity contribution in [2.24, 2.45) is 0 Å². The van der Waals surface area contributed by atoms with Crippen LogP contribution in [0.4, 0.5) is 0 Å². The third kappa shape index (κ3) is 3.99. The van der Waals surface area contributed by atoms with Crippen molar-refractivity contribution in [3.63, 3.8) is 0 Å². The number of fused-ring (bicyclic) bond motifs is 1. The van der Waals surface area contributed by atoms with Crippen LogP contribution in [0.25, 0.3) is 22.2 Å². The quantitative estimate of drug-likeness (QED) is 0.572. The molecule has 1 aliphatic heterocycles. The first-order valence-corrected chi connectivity index (χ1v) is 8.89. The number of amides is 1. The second-order valence-corrected chi connectivity index (χ2v) is 6.42. The largest absolute Gasteiger partial charge is 0.350 e. The minimum Gasteiger partial charge on any atom is -0.350 e. The average Bonchev–Trinajstić information content (AvgIpc) is 2.72. The number of benzene rings is 1. The second-order valence-electron chi connectivity index (χ2n) is 6.42. The molecule has 3 aromatic rings. The average molecular weight is 359 g/mol.